The van der Waals surface area contributed by atoms with Gasteiger partial charge in [0.05, 0.1) is 5.69 Å². The van der Waals surface area contributed by atoms with Gasteiger partial charge in [-0.1, -0.05) is 67.1 Å². The number of aromatic nitrogens is 1. The fourth-order valence-corrected chi connectivity index (χ4v) is 3.90. The van der Waals surface area contributed by atoms with Gasteiger partial charge in [-0.15, -0.1) is 0 Å². The van der Waals surface area contributed by atoms with Gasteiger partial charge in [-0.2, -0.15) is 0 Å². The molecule has 0 unspecified atom stereocenters. The number of nitrogens with zero attached hydrogens (tertiary/aromatic N) is 2. The zero-order chi connectivity index (χ0) is 19.2. The van der Waals surface area contributed by atoms with Crippen LogP contribution >= 0.6 is 22.9 Å². The maximum atomic E-state index is 12.5. The molecule has 4 nitrogen and oxygen atoms in total. The molecule has 140 valence electrons. The summed E-state index contributed by atoms with van der Waals surface area (Å²) in [5.41, 5.74) is 2.51. The van der Waals surface area contributed by atoms with E-state index in [1.807, 2.05) is 42.5 Å². The predicted octanol–water partition coefficient (Wildman–Crippen LogP) is 5.56. The van der Waals surface area contributed by atoms with E-state index in [0.717, 1.165) is 35.8 Å². The first kappa shape index (κ1) is 19.5. The molecule has 0 bridgehead atoms. The third-order valence-electron chi connectivity index (χ3n) is 4.33. The lowest BCUT2D eigenvalue weighted by Gasteiger charge is -2.17. The second-order valence-corrected chi connectivity index (χ2v) is 7.60. The number of hydrogen-bond acceptors (Lipinski definition) is 4. The number of rotatable bonds is 7. The summed E-state index contributed by atoms with van der Waals surface area (Å²) in [6.07, 6.45) is 0. The van der Waals surface area contributed by atoms with Gasteiger partial charge in [0.15, 0.2) is 5.13 Å². The van der Waals surface area contributed by atoms with Crippen molar-refractivity contribution in [3.8, 4) is 11.3 Å². The molecule has 1 amide bonds. The zero-order valence-corrected chi connectivity index (χ0v) is 17.0. The lowest BCUT2D eigenvalue weighted by molar-refractivity contribution is 0.102. The third kappa shape index (κ3) is 4.95. The van der Waals surface area contributed by atoms with Crippen molar-refractivity contribution in [2.24, 2.45) is 0 Å². The Kier molecular flexibility index (Phi) is 6.61. The Morgan fingerprint density at radius 1 is 1.07 bits per heavy atom. The van der Waals surface area contributed by atoms with Crippen molar-refractivity contribution >= 4 is 34.0 Å². The smallest absolute Gasteiger partial charge is 0.257 e. The molecule has 0 fully saturated rings. The summed E-state index contributed by atoms with van der Waals surface area (Å²) in [5.74, 6) is -0.151. The first-order valence-electron chi connectivity index (χ1n) is 8.95. The molecule has 1 heterocycles. The van der Waals surface area contributed by atoms with Gasteiger partial charge >= 0.3 is 0 Å². The van der Waals surface area contributed by atoms with Gasteiger partial charge in [0.1, 0.15) is 0 Å². The van der Waals surface area contributed by atoms with Crippen LogP contribution in [0.15, 0.2) is 54.6 Å². The van der Waals surface area contributed by atoms with Crippen molar-refractivity contribution < 1.29 is 4.79 Å². The monoisotopic (exact) mass is 399 g/mol. The lowest BCUT2D eigenvalue weighted by atomic mass is 10.1. The maximum absolute atomic E-state index is 12.5. The van der Waals surface area contributed by atoms with E-state index in [1.54, 1.807) is 12.1 Å². The zero-order valence-electron chi connectivity index (χ0n) is 15.4. The summed E-state index contributed by atoms with van der Waals surface area (Å²) in [7, 11) is 0. The Morgan fingerprint density at radius 2 is 1.74 bits per heavy atom. The number of anilines is 1. The number of amides is 1. The van der Waals surface area contributed by atoms with Crippen LogP contribution in [0.25, 0.3) is 11.3 Å². The minimum Gasteiger partial charge on any atom is -0.299 e. The van der Waals surface area contributed by atoms with E-state index in [9.17, 15) is 4.79 Å². The van der Waals surface area contributed by atoms with Crippen molar-refractivity contribution in [3.05, 3.63) is 70.1 Å². The van der Waals surface area contributed by atoms with Crippen molar-refractivity contribution in [3.63, 3.8) is 0 Å². The van der Waals surface area contributed by atoms with Crippen LogP contribution in [0.4, 0.5) is 5.13 Å². The van der Waals surface area contributed by atoms with Crippen molar-refractivity contribution in [2.45, 2.75) is 20.4 Å². The van der Waals surface area contributed by atoms with E-state index in [0.29, 0.717) is 15.7 Å². The van der Waals surface area contributed by atoms with E-state index in [1.165, 1.54) is 11.3 Å². The Balaban J connectivity index is 1.91. The van der Waals surface area contributed by atoms with Crippen LogP contribution in [-0.4, -0.2) is 28.9 Å². The highest BCUT2D eigenvalue weighted by Crippen LogP contribution is 2.33. The second-order valence-electron chi connectivity index (χ2n) is 6.08. The van der Waals surface area contributed by atoms with Crippen molar-refractivity contribution in [1.29, 1.82) is 0 Å². The number of halogens is 1. The number of nitrogens with one attached hydrogen (secondary N) is 1. The molecule has 3 rings (SSSR count). The first-order chi connectivity index (χ1) is 13.1. The van der Waals surface area contributed by atoms with Crippen LogP contribution < -0.4 is 5.32 Å². The average Bonchev–Trinajstić information content (AvgIpc) is 3.09. The summed E-state index contributed by atoms with van der Waals surface area (Å²) in [5, 5.41) is 4.23. The standard InChI is InChI=1S/C21H22ClN3OS/c1-3-25(4-2)14-18-19(15-10-12-17(22)13-11-15)23-21(27-18)24-20(26)16-8-6-5-7-9-16/h5-13H,3-4,14H2,1-2H3,(H,23,24,26). The van der Waals surface area contributed by atoms with E-state index < -0.39 is 0 Å². The lowest BCUT2D eigenvalue weighted by Crippen LogP contribution is -2.21. The normalized spacial score (nSPS) is 11.0. The topological polar surface area (TPSA) is 45.2 Å². The van der Waals surface area contributed by atoms with Gasteiger partial charge < -0.3 is 0 Å². The minimum atomic E-state index is -0.151. The van der Waals surface area contributed by atoms with Crippen LogP contribution in [0.5, 0.6) is 0 Å². The van der Waals surface area contributed by atoms with Gasteiger partial charge in [0, 0.05) is 27.6 Å². The van der Waals surface area contributed by atoms with Crippen LogP contribution in [0.2, 0.25) is 5.02 Å². The number of hydrogen-bond donors (Lipinski definition) is 1. The van der Waals surface area contributed by atoms with Crippen molar-refractivity contribution in [1.82, 2.24) is 9.88 Å². The third-order valence-corrected chi connectivity index (χ3v) is 5.54. The Morgan fingerprint density at radius 3 is 2.37 bits per heavy atom. The number of carbonyl (C=O) groups excluding carboxylic acids is 1. The van der Waals surface area contributed by atoms with E-state index >= 15 is 0 Å². The molecule has 3 aromatic rings. The molecule has 6 heteroatoms. The summed E-state index contributed by atoms with van der Waals surface area (Å²) >= 11 is 7.55. The fourth-order valence-electron chi connectivity index (χ4n) is 2.75. The molecule has 0 aliphatic carbocycles. The maximum Gasteiger partial charge on any atom is 0.257 e. The molecule has 0 atom stereocenters. The SMILES string of the molecule is CCN(CC)Cc1sc(NC(=O)c2ccccc2)nc1-c1ccc(Cl)cc1. The molecule has 2 aromatic carbocycles. The Bertz CT molecular complexity index is 890. The molecule has 0 aliphatic heterocycles. The second kappa shape index (κ2) is 9.13. The van der Waals surface area contributed by atoms with Crippen LogP contribution in [0.3, 0.4) is 0 Å². The number of thiazole rings is 1. The summed E-state index contributed by atoms with van der Waals surface area (Å²) in [4.78, 5) is 20.7. The molecule has 0 saturated carbocycles. The molecular weight excluding hydrogens is 378 g/mol. The highest BCUT2D eigenvalue weighted by atomic mass is 35.5. The summed E-state index contributed by atoms with van der Waals surface area (Å²) in [6, 6.07) is 16.8. The quantitative estimate of drug-likeness (QED) is 0.565. The van der Waals surface area contributed by atoms with E-state index in [2.05, 4.69) is 24.1 Å². The fraction of sp³-hybridized carbons (Fsp3) is 0.238. The van der Waals surface area contributed by atoms with Gasteiger partial charge in [0.2, 0.25) is 0 Å². The summed E-state index contributed by atoms with van der Waals surface area (Å²) < 4.78 is 0. The van der Waals surface area contributed by atoms with Gasteiger partial charge in [-0.25, -0.2) is 4.98 Å². The Labute approximate surface area is 168 Å². The molecule has 0 spiro atoms. The van der Waals surface area contributed by atoms with Gasteiger partial charge in [-0.3, -0.25) is 15.0 Å². The molecule has 0 aliphatic rings. The van der Waals surface area contributed by atoms with Crippen LogP contribution in [-0.2, 0) is 6.54 Å². The van der Waals surface area contributed by atoms with Crippen LogP contribution in [0, 0.1) is 0 Å². The van der Waals surface area contributed by atoms with Gasteiger partial charge in [-0.05, 0) is 37.4 Å². The average molecular weight is 400 g/mol. The molecular formula is C21H22ClN3OS. The minimum absolute atomic E-state index is 0.151. The van der Waals surface area contributed by atoms with E-state index in [4.69, 9.17) is 16.6 Å². The van der Waals surface area contributed by atoms with Crippen LogP contribution in [0.1, 0.15) is 29.1 Å². The van der Waals surface area contributed by atoms with E-state index in [-0.39, 0.29) is 5.91 Å². The molecule has 0 radical (unpaired) electrons. The van der Waals surface area contributed by atoms with Gasteiger partial charge in [0.25, 0.3) is 5.91 Å². The number of benzene rings is 2. The molecule has 27 heavy (non-hydrogen) atoms. The summed E-state index contributed by atoms with van der Waals surface area (Å²) in [6.45, 7) is 7.00. The number of carbonyl (C=O) groups is 1. The predicted molar refractivity (Wildman–Crippen MR) is 114 cm³/mol. The first-order valence-corrected chi connectivity index (χ1v) is 10.1. The molecule has 0 saturated heterocycles. The molecule has 1 N–H and O–H groups in total. The highest BCUT2D eigenvalue weighted by Gasteiger charge is 2.17. The largest absolute Gasteiger partial charge is 0.299 e. The molecule has 1 aromatic heterocycles. The Hall–Kier alpha value is -2.21. The highest BCUT2D eigenvalue weighted by molar-refractivity contribution is 7.16. The van der Waals surface area contributed by atoms with Crippen molar-refractivity contribution in [2.75, 3.05) is 18.4 Å².